The number of hydrogen-bond donors (Lipinski definition) is 2. The number of aromatic nitrogens is 2. The lowest BCUT2D eigenvalue weighted by Crippen LogP contribution is -2.13. The van der Waals surface area contributed by atoms with E-state index in [9.17, 15) is 4.79 Å². The minimum absolute atomic E-state index is 0.0285. The van der Waals surface area contributed by atoms with Crippen LogP contribution in [0.15, 0.2) is 30.5 Å². The first-order chi connectivity index (χ1) is 10.1. The van der Waals surface area contributed by atoms with E-state index in [4.69, 9.17) is 9.84 Å². The van der Waals surface area contributed by atoms with Gasteiger partial charge in [-0.2, -0.15) is 5.10 Å². The van der Waals surface area contributed by atoms with Gasteiger partial charge in [-0.15, -0.1) is 0 Å². The summed E-state index contributed by atoms with van der Waals surface area (Å²) in [5.74, 6) is 0.474. The SMILES string of the molecule is CCc1nn(C)cc1C(=O)Nc1ccc(OCCO)cc1. The zero-order chi connectivity index (χ0) is 15.2. The van der Waals surface area contributed by atoms with Crippen LogP contribution in [0.3, 0.4) is 0 Å². The number of nitrogens with one attached hydrogen (secondary N) is 1. The molecule has 0 saturated heterocycles. The second-order valence-corrected chi connectivity index (χ2v) is 4.57. The summed E-state index contributed by atoms with van der Waals surface area (Å²) in [6.45, 7) is 2.19. The zero-order valence-electron chi connectivity index (χ0n) is 12.2. The summed E-state index contributed by atoms with van der Waals surface area (Å²) >= 11 is 0. The van der Waals surface area contributed by atoms with Crippen LogP contribution in [-0.2, 0) is 13.5 Å². The predicted molar refractivity (Wildman–Crippen MR) is 79.6 cm³/mol. The highest BCUT2D eigenvalue weighted by Gasteiger charge is 2.14. The van der Waals surface area contributed by atoms with Crippen LogP contribution in [0.5, 0.6) is 5.75 Å². The molecule has 21 heavy (non-hydrogen) atoms. The lowest BCUT2D eigenvalue weighted by molar-refractivity contribution is 0.102. The van der Waals surface area contributed by atoms with Crippen LogP contribution >= 0.6 is 0 Å². The molecule has 0 aliphatic rings. The van der Waals surface area contributed by atoms with E-state index in [0.717, 1.165) is 5.69 Å². The van der Waals surface area contributed by atoms with E-state index >= 15 is 0 Å². The Morgan fingerprint density at radius 3 is 2.71 bits per heavy atom. The second-order valence-electron chi connectivity index (χ2n) is 4.57. The van der Waals surface area contributed by atoms with Crippen LogP contribution in [0.2, 0.25) is 0 Å². The fraction of sp³-hybridized carbons (Fsp3) is 0.333. The van der Waals surface area contributed by atoms with E-state index in [0.29, 0.717) is 23.4 Å². The first kappa shape index (κ1) is 15.1. The van der Waals surface area contributed by atoms with E-state index in [2.05, 4.69) is 10.4 Å². The molecule has 1 aromatic heterocycles. The molecule has 0 fully saturated rings. The molecule has 1 aromatic carbocycles. The predicted octanol–water partition coefficient (Wildman–Crippen LogP) is 1.61. The molecule has 0 aliphatic heterocycles. The molecule has 0 radical (unpaired) electrons. The van der Waals surface area contributed by atoms with Crippen molar-refractivity contribution in [2.24, 2.45) is 7.05 Å². The van der Waals surface area contributed by atoms with Crippen molar-refractivity contribution < 1.29 is 14.6 Å². The van der Waals surface area contributed by atoms with Gasteiger partial charge in [0.05, 0.1) is 17.9 Å². The maximum Gasteiger partial charge on any atom is 0.259 e. The van der Waals surface area contributed by atoms with Crippen molar-refractivity contribution in [1.29, 1.82) is 0 Å². The Morgan fingerprint density at radius 2 is 2.10 bits per heavy atom. The largest absolute Gasteiger partial charge is 0.491 e. The van der Waals surface area contributed by atoms with Gasteiger partial charge < -0.3 is 15.2 Å². The summed E-state index contributed by atoms with van der Waals surface area (Å²) in [7, 11) is 1.79. The van der Waals surface area contributed by atoms with Crippen molar-refractivity contribution in [3.05, 3.63) is 41.7 Å². The van der Waals surface area contributed by atoms with E-state index in [1.54, 1.807) is 42.2 Å². The van der Waals surface area contributed by atoms with Gasteiger partial charge in [0.2, 0.25) is 0 Å². The minimum Gasteiger partial charge on any atom is -0.491 e. The molecule has 2 aromatic rings. The molecule has 1 amide bonds. The van der Waals surface area contributed by atoms with Crippen LogP contribution in [-0.4, -0.2) is 34.0 Å². The maximum atomic E-state index is 12.2. The molecule has 6 nitrogen and oxygen atoms in total. The molecular weight excluding hydrogens is 270 g/mol. The van der Waals surface area contributed by atoms with Gasteiger partial charge >= 0.3 is 0 Å². The standard InChI is InChI=1S/C15H19N3O3/c1-3-14-13(10-18(2)17-14)15(20)16-11-4-6-12(7-5-11)21-9-8-19/h4-7,10,19H,3,8-9H2,1-2H3,(H,16,20). The smallest absolute Gasteiger partial charge is 0.259 e. The Kier molecular flexibility index (Phi) is 4.94. The van der Waals surface area contributed by atoms with Crippen molar-refractivity contribution in [1.82, 2.24) is 9.78 Å². The first-order valence-corrected chi connectivity index (χ1v) is 6.81. The van der Waals surface area contributed by atoms with Gasteiger partial charge in [-0.05, 0) is 30.7 Å². The summed E-state index contributed by atoms with van der Waals surface area (Å²) in [5, 5.41) is 15.8. The Morgan fingerprint density at radius 1 is 1.38 bits per heavy atom. The summed E-state index contributed by atoms with van der Waals surface area (Å²) in [4.78, 5) is 12.2. The van der Waals surface area contributed by atoms with Crippen LogP contribution < -0.4 is 10.1 Å². The second kappa shape index (κ2) is 6.90. The normalized spacial score (nSPS) is 10.4. The molecule has 0 aliphatic carbocycles. The Labute approximate surface area is 123 Å². The monoisotopic (exact) mass is 289 g/mol. The number of aliphatic hydroxyl groups is 1. The lowest BCUT2D eigenvalue weighted by atomic mass is 10.2. The number of aryl methyl sites for hydroxylation is 2. The molecule has 0 unspecified atom stereocenters. The van der Waals surface area contributed by atoms with E-state index < -0.39 is 0 Å². The highest BCUT2D eigenvalue weighted by molar-refractivity contribution is 6.04. The molecule has 112 valence electrons. The van der Waals surface area contributed by atoms with E-state index in [1.165, 1.54) is 0 Å². The number of aliphatic hydroxyl groups excluding tert-OH is 1. The molecule has 0 saturated carbocycles. The number of amides is 1. The molecular formula is C15H19N3O3. The molecule has 2 N–H and O–H groups in total. The van der Waals surface area contributed by atoms with Crippen LogP contribution in [0, 0.1) is 0 Å². The van der Waals surface area contributed by atoms with Crippen molar-refractivity contribution in [2.45, 2.75) is 13.3 Å². The average Bonchev–Trinajstić information content (AvgIpc) is 2.88. The molecule has 0 bridgehead atoms. The molecule has 1 heterocycles. The third kappa shape index (κ3) is 3.82. The maximum absolute atomic E-state index is 12.2. The number of carbonyl (C=O) groups excluding carboxylic acids is 1. The minimum atomic E-state index is -0.177. The van der Waals surface area contributed by atoms with Gasteiger partial charge in [0.25, 0.3) is 5.91 Å². The average molecular weight is 289 g/mol. The van der Waals surface area contributed by atoms with Crippen LogP contribution in [0.25, 0.3) is 0 Å². The fourth-order valence-electron chi connectivity index (χ4n) is 1.98. The van der Waals surface area contributed by atoms with Gasteiger partial charge in [0.1, 0.15) is 12.4 Å². The van der Waals surface area contributed by atoms with E-state index in [1.807, 2.05) is 6.92 Å². The number of rotatable bonds is 6. The van der Waals surface area contributed by atoms with Crippen LogP contribution in [0.4, 0.5) is 5.69 Å². The summed E-state index contributed by atoms with van der Waals surface area (Å²) in [6, 6.07) is 7.00. The Hall–Kier alpha value is -2.34. The van der Waals surface area contributed by atoms with Gasteiger partial charge in [-0.1, -0.05) is 6.92 Å². The highest BCUT2D eigenvalue weighted by atomic mass is 16.5. The number of anilines is 1. The van der Waals surface area contributed by atoms with Gasteiger partial charge in [0.15, 0.2) is 0 Å². The van der Waals surface area contributed by atoms with Gasteiger partial charge in [-0.3, -0.25) is 9.48 Å². The summed E-state index contributed by atoms with van der Waals surface area (Å²) in [6.07, 6.45) is 2.42. The van der Waals surface area contributed by atoms with Crippen molar-refractivity contribution in [2.75, 3.05) is 18.5 Å². The lowest BCUT2D eigenvalue weighted by Gasteiger charge is -2.07. The number of ether oxygens (including phenoxy) is 1. The quantitative estimate of drug-likeness (QED) is 0.847. The number of benzene rings is 1. The molecule has 2 rings (SSSR count). The molecule has 6 heteroatoms. The first-order valence-electron chi connectivity index (χ1n) is 6.81. The number of hydrogen-bond acceptors (Lipinski definition) is 4. The third-order valence-electron chi connectivity index (χ3n) is 2.96. The highest BCUT2D eigenvalue weighted by Crippen LogP contribution is 2.17. The molecule has 0 atom stereocenters. The Bertz CT molecular complexity index is 605. The zero-order valence-corrected chi connectivity index (χ0v) is 12.2. The number of carbonyl (C=O) groups is 1. The van der Waals surface area contributed by atoms with Crippen molar-refractivity contribution in [3.63, 3.8) is 0 Å². The fourth-order valence-corrected chi connectivity index (χ4v) is 1.98. The topological polar surface area (TPSA) is 76.4 Å². The Balaban J connectivity index is 2.05. The van der Waals surface area contributed by atoms with Crippen LogP contribution in [0.1, 0.15) is 23.0 Å². The third-order valence-corrected chi connectivity index (χ3v) is 2.96. The molecule has 0 spiro atoms. The summed E-state index contributed by atoms with van der Waals surface area (Å²) < 4.78 is 6.90. The van der Waals surface area contributed by atoms with Crippen molar-refractivity contribution >= 4 is 11.6 Å². The van der Waals surface area contributed by atoms with Gasteiger partial charge in [-0.25, -0.2) is 0 Å². The van der Waals surface area contributed by atoms with Crippen molar-refractivity contribution in [3.8, 4) is 5.75 Å². The number of nitrogens with zero attached hydrogens (tertiary/aromatic N) is 2. The van der Waals surface area contributed by atoms with E-state index in [-0.39, 0.29) is 19.1 Å². The summed E-state index contributed by atoms with van der Waals surface area (Å²) in [5.41, 5.74) is 2.04. The van der Waals surface area contributed by atoms with Gasteiger partial charge in [0, 0.05) is 18.9 Å².